The monoisotopic (exact) mass is 372 g/mol. The van der Waals surface area contributed by atoms with Crippen LogP contribution in [0.2, 0.25) is 0 Å². The van der Waals surface area contributed by atoms with Crippen molar-refractivity contribution in [3.8, 4) is 0 Å². The summed E-state index contributed by atoms with van der Waals surface area (Å²) in [6, 6.07) is 0. The van der Waals surface area contributed by atoms with Gasteiger partial charge in [0.05, 0.1) is 0 Å². The van der Waals surface area contributed by atoms with Crippen molar-refractivity contribution in [3.63, 3.8) is 0 Å². The maximum Gasteiger partial charge on any atom is 0.460 e. The van der Waals surface area contributed by atoms with Gasteiger partial charge in [-0.15, -0.1) is 0 Å². The Kier molecular flexibility index (Phi) is 4.82. The minimum absolute atomic E-state index is 1.15. The summed E-state index contributed by atoms with van der Waals surface area (Å²) in [5, 5.41) is 8.05. The Balaban J connectivity index is 6.46. The Labute approximate surface area is 118 Å². The number of carbonyl (C=O) groups is 1. The quantitative estimate of drug-likeness (QED) is 0.564. The first-order valence-corrected chi connectivity index (χ1v) is 4.89. The minimum atomic E-state index is -7.89. The van der Waals surface area contributed by atoms with Gasteiger partial charge in [0, 0.05) is 0 Å². The second kappa shape index (κ2) is 5.19. The van der Waals surface area contributed by atoms with E-state index in [4.69, 9.17) is 5.11 Å². The fourth-order valence-corrected chi connectivity index (χ4v) is 1.15. The summed E-state index contributed by atoms with van der Waals surface area (Å²) < 4.78 is 151. The number of hydrogen-bond donors (Lipinski definition) is 1. The standard InChI is InChI=1S/C9H4F12O2/c1-2-4(10,3(22)23)5(11,12)6(13,14)7(15,16)8(17,18)9(19,20)21/h2H,1H2,(H,22,23). The fourth-order valence-electron chi connectivity index (χ4n) is 1.15. The Hall–Kier alpha value is -1.63. The first kappa shape index (κ1) is 21.4. The van der Waals surface area contributed by atoms with E-state index >= 15 is 0 Å². The van der Waals surface area contributed by atoms with E-state index in [1.807, 2.05) is 6.58 Å². The van der Waals surface area contributed by atoms with Crippen molar-refractivity contribution in [2.45, 2.75) is 35.5 Å². The molecule has 0 radical (unpaired) electrons. The van der Waals surface area contributed by atoms with Crippen molar-refractivity contribution >= 4 is 5.97 Å². The molecule has 0 spiro atoms. The molecule has 0 aliphatic carbocycles. The molecule has 0 aromatic carbocycles. The smallest absolute Gasteiger partial charge is 0.460 e. The van der Waals surface area contributed by atoms with E-state index in [0.29, 0.717) is 0 Å². The number of hydrogen-bond acceptors (Lipinski definition) is 1. The van der Waals surface area contributed by atoms with Crippen LogP contribution >= 0.6 is 0 Å². The van der Waals surface area contributed by atoms with Gasteiger partial charge in [0.1, 0.15) is 0 Å². The van der Waals surface area contributed by atoms with E-state index in [1.54, 1.807) is 0 Å². The molecule has 0 bridgehead atoms. The Morgan fingerprint density at radius 1 is 0.696 bits per heavy atom. The van der Waals surface area contributed by atoms with Crippen LogP contribution in [0.4, 0.5) is 52.7 Å². The van der Waals surface area contributed by atoms with E-state index < -0.39 is 47.6 Å². The van der Waals surface area contributed by atoms with Crippen molar-refractivity contribution in [2.75, 3.05) is 0 Å². The number of rotatable bonds is 6. The van der Waals surface area contributed by atoms with Crippen molar-refractivity contribution in [1.82, 2.24) is 0 Å². The van der Waals surface area contributed by atoms with E-state index in [9.17, 15) is 57.5 Å². The van der Waals surface area contributed by atoms with Gasteiger partial charge < -0.3 is 5.11 Å². The zero-order chi connectivity index (χ0) is 19.3. The summed E-state index contributed by atoms with van der Waals surface area (Å²) in [4.78, 5) is 10.2. The van der Waals surface area contributed by atoms with Crippen molar-refractivity contribution in [2.24, 2.45) is 0 Å². The van der Waals surface area contributed by atoms with E-state index in [2.05, 4.69) is 0 Å². The molecule has 0 heterocycles. The summed E-state index contributed by atoms with van der Waals surface area (Å²) >= 11 is 0. The molecule has 14 heteroatoms. The molecule has 0 saturated heterocycles. The fraction of sp³-hybridized carbons (Fsp3) is 0.667. The van der Waals surface area contributed by atoms with Gasteiger partial charge >= 0.3 is 35.8 Å². The summed E-state index contributed by atoms with van der Waals surface area (Å²) in [5.74, 6) is -34.2. The van der Waals surface area contributed by atoms with Crippen LogP contribution in [-0.2, 0) is 4.79 Å². The molecule has 0 aromatic rings. The van der Waals surface area contributed by atoms with Gasteiger partial charge in [0.15, 0.2) is 0 Å². The highest BCUT2D eigenvalue weighted by atomic mass is 19.4. The van der Waals surface area contributed by atoms with Crippen LogP contribution in [0.1, 0.15) is 0 Å². The summed E-state index contributed by atoms with van der Waals surface area (Å²) in [5.41, 5.74) is -5.76. The number of aliphatic carboxylic acids is 1. The minimum Gasteiger partial charge on any atom is -0.478 e. The molecule has 23 heavy (non-hydrogen) atoms. The van der Waals surface area contributed by atoms with Gasteiger partial charge in [-0.05, 0) is 6.08 Å². The highest BCUT2D eigenvalue weighted by molar-refractivity contribution is 5.81. The summed E-state index contributed by atoms with van der Waals surface area (Å²) in [7, 11) is 0. The largest absolute Gasteiger partial charge is 0.478 e. The molecule has 1 unspecified atom stereocenters. The highest BCUT2D eigenvalue weighted by Crippen LogP contribution is 2.60. The van der Waals surface area contributed by atoms with Crippen LogP contribution in [0.25, 0.3) is 0 Å². The van der Waals surface area contributed by atoms with Crippen molar-refractivity contribution in [1.29, 1.82) is 0 Å². The van der Waals surface area contributed by atoms with Crippen molar-refractivity contribution in [3.05, 3.63) is 12.7 Å². The topological polar surface area (TPSA) is 37.3 Å². The summed E-state index contributed by atoms with van der Waals surface area (Å²) in [6.07, 6.45) is -8.57. The second-order valence-corrected chi connectivity index (χ2v) is 4.02. The van der Waals surface area contributed by atoms with E-state index in [-0.39, 0.29) is 0 Å². The zero-order valence-electron chi connectivity index (χ0n) is 10.2. The molecule has 136 valence electrons. The lowest BCUT2D eigenvalue weighted by molar-refractivity contribution is -0.428. The van der Waals surface area contributed by atoms with Gasteiger partial charge in [-0.3, -0.25) is 0 Å². The van der Waals surface area contributed by atoms with E-state index in [1.165, 1.54) is 0 Å². The van der Waals surface area contributed by atoms with Gasteiger partial charge in [0.25, 0.3) is 5.67 Å². The summed E-state index contributed by atoms with van der Waals surface area (Å²) in [6.45, 7) is 2.00. The lowest BCUT2D eigenvalue weighted by Gasteiger charge is -2.40. The van der Waals surface area contributed by atoms with Crippen LogP contribution < -0.4 is 0 Å². The maximum absolute atomic E-state index is 13.3. The molecule has 2 nitrogen and oxygen atoms in total. The van der Waals surface area contributed by atoms with Gasteiger partial charge in [-0.1, -0.05) is 6.58 Å². The van der Waals surface area contributed by atoms with Gasteiger partial charge in [-0.25, -0.2) is 9.18 Å². The SMILES string of the molecule is C=CC(F)(C(=O)O)C(F)(F)C(F)(F)C(F)(F)C(F)(F)C(F)(F)F. The van der Waals surface area contributed by atoms with Crippen LogP contribution in [0.15, 0.2) is 12.7 Å². The van der Waals surface area contributed by atoms with Crippen LogP contribution in [-0.4, -0.2) is 46.6 Å². The number of alkyl halides is 12. The molecule has 0 fully saturated rings. The van der Waals surface area contributed by atoms with Gasteiger partial charge in [-0.2, -0.15) is 48.3 Å². The molecule has 1 atom stereocenters. The number of carboxylic acids is 1. The van der Waals surface area contributed by atoms with Gasteiger partial charge in [0.2, 0.25) is 0 Å². The molecule has 0 aliphatic heterocycles. The zero-order valence-corrected chi connectivity index (χ0v) is 10.2. The average Bonchev–Trinajstić information content (AvgIpc) is 2.34. The van der Waals surface area contributed by atoms with Crippen LogP contribution in [0.3, 0.4) is 0 Å². The predicted molar refractivity (Wildman–Crippen MR) is 47.5 cm³/mol. The van der Waals surface area contributed by atoms with Crippen molar-refractivity contribution < 1.29 is 62.6 Å². The first-order valence-electron chi connectivity index (χ1n) is 4.89. The molecule has 0 saturated carbocycles. The van der Waals surface area contributed by atoms with E-state index in [0.717, 1.165) is 0 Å². The highest BCUT2D eigenvalue weighted by Gasteiger charge is 2.90. The molecule has 0 amide bonds. The molecule has 0 aromatic heterocycles. The third-order valence-corrected chi connectivity index (χ3v) is 2.59. The lowest BCUT2D eigenvalue weighted by atomic mass is 9.87. The lowest BCUT2D eigenvalue weighted by Crippen LogP contribution is -2.71. The number of carboxylic acid groups (broad SMARTS) is 1. The van der Waals surface area contributed by atoms with Crippen LogP contribution in [0.5, 0.6) is 0 Å². The maximum atomic E-state index is 13.3. The second-order valence-electron chi connectivity index (χ2n) is 4.02. The first-order chi connectivity index (χ1) is 9.75. The molecule has 0 aliphatic rings. The average molecular weight is 372 g/mol. The predicted octanol–water partition coefficient (Wildman–Crippen LogP) is 4.07. The Bertz CT molecular complexity index is 493. The molecular weight excluding hydrogens is 368 g/mol. The number of halogens is 12. The Morgan fingerprint density at radius 2 is 1.00 bits per heavy atom. The third kappa shape index (κ3) is 2.51. The molecule has 1 N–H and O–H groups in total. The normalized spacial score (nSPS) is 17.6. The van der Waals surface area contributed by atoms with Crippen LogP contribution in [0, 0.1) is 0 Å². The molecular formula is C9H4F12O2. The third-order valence-electron chi connectivity index (χ3n) is 2.59. The molecule has 0 rings (SSSR count). The Morgan fingerprint density at radius 3 is 1.22 bits per heavy atom.